The van der Waals surface area contributed by atoms with Gasteiger partial charge in [-0.25, -0.2) is 4.98 Å². The van der Waals surface area contributed by atoms with Gasteiger partial charge in [-0.05, 0) is 65.8 Å². The molecule has 9 heteroatoms. The number of hydrogen-bond donors (Lipinski definition) is 2. The number of nitrogens with zero attached hydrogens (tertiary/aromatic N) is 4. The van der Waals surface area contributed by atoms with Crippen LogP contribution in [0.25, 0.3) is 0 Å². The first-order valence-electron chi connectivity index (χ1n) is 11.9. The van der Waals surface area contributed by atoms with E-state index in [0.717, 1.165) is 30.2 Å². The topological polar surface area (TPSA) is 92.2 Å². The van der Waals surface area contributed by atoms with Crippen molar-refractivity contribution in [2.24, 2.45) is 0 Å². The summed E-state index contributed by atoms with van der Waals surface area (Å²) in [6.45, 7) is 13.0. The molecule has 0 radical (unpaired) electrons. The van der Waals surface area contributed by atoms with Gasteiger partial charge in [-0.15, -0.1) is 11.3 Å². The second-order valence-corrected chi connectivity index (χ2v) is 10.7. The van der Waals surface area contributed by atoms with Crippen molar-refractivity contribution in [1.82, 2.24) is 30.3 Å². The van der Waals surface area contributed by atoms with Crippen molar-refractivity contribution in [3.8, 4) is 0 Å². The normalized spacial score (nSPS) is 11.5. The molecule has 2 amide bonds. The van der Waals surface area contributed by atoms with Crippen LogP contribution >= 0.6 is 11.3 Å². The Morgan fingerprint density at radius 3 is 2.54 bits per heavy atom. The van der Waals surface area contributed by atoms with Crippen LogP contribution in [-0.4, -0.2) is 51.6 Å². The average Bonchev–Trinajstić information content (AvgIpc) is 3.40. The van der Waals surface area contributed by atoms with E-state index in [4.69, 9.17) is 0 Å². The number of amides is 2. The van der Waals surface area contributed by atoms with E-state index >= 15 is 0 Å². The van der Waals surface area contributed by atoms with Gasteiger partial charge in [-0.1, -0.05) is 6.07 Å². The van der Waals surface area contributed by atoms with Gasteiger partial charge in [-0.3, -0.25) is 14.3 Å². The van der Waals surface area contributed by atoms with E-state index in [1.165, 1.54) is 22.6 Å². The van der Waals surface area contributed by atoms with Crippen molar-refractivity contribution in [3.63, 3.8) is 0 Å². The molecule has 3 aromatic rings. The van der Waals surface area contributed by atoms with E-state index in [1.807, 2.05) is 23.2 Å². The fraction of sp³-hybridized carbons (Fsp3) is 0.462. The molecule has 3 rings (SSSR count). The van der Waals surface area contributed by atoms with Crippen LogP contribution in [0.1, 0.15) is 69.9 Å². The van der Waals surface area contributed by atoms with E-state index in [0.29, 0.717) is 24.2 Å². The van der Waals surface area contributed by atoms with E-state index in [1.54, 1.807) is 36.2 Å². The lowest BCUT2D eigenvalue weighted by Gasteiger charge is -2.21. The van der Waals surface area contributed by atoms with Crippen LogP contribution in [0.3, 0.4) is 0 Å². The molecule has 188 valence electrons. The molecule has 8 nitrogen and oxygen atoms in total. The van der Waals surface area contributed by atoms with Crippen LogP contribution in [0.5, 0.6) is 0 Å². The summed E-state index contributed by atoms with van der Waals surface area (Å²) in [6.07, 6.45) is 2.71. The highest BCUT2D eigenvalue weighted by atomic mass is 32.1. The molecule has 0 bridgehead atoms. The number of aryl methyl sites for hydroxylation is 1. The largest absolute Gasteiger partial charge is 0.352 e. The first-order chi connectivity index (χ1) is 16.6. The van der Waals surface area contributed by atoms with E-state index in [2.05, 4.69) is 48.4 Å². The molecule has 0 spiro atoms. The number of carbonyl (C=O) groups excluding carboxylic acids is 2. The van der Waals surface area contributed by atoms with Crippen molar-refractivity contribution >= 4 is 23.2 Å². The van der Waals surface area contributed by atoms with Crippen molar-refractivity contribution in [3.05, 3.63) is 68.9 Å². The summed E-state index contributed by atoms with van der Waals surface area (Å²) in [5, 5.41) is 13.7. The maximum absolute atomic E-state index is 12.8. The Balaban J connectivity index is 1.43. The van der Waals surface area contributed by atoms with Crippen molar-refractivity contribution in [2.45, 2.75) is 59.7 Å². The van der Waals surface area contributed by atoms with Gasteiger partial charge in [-0.2, -0.15) is 5.10 Å². The highest BCUT2D eigenvalue weighted by Crippen LogP contribution is 2.18. The molecule has 0 aliphatic carbocycles. The lowest BCUT2D eigenvalue weighted by atomic mass is 10.1. The summed E-state index contributed by atoms with van der Waals surface area (Å²) >= 11 is 1.54. The Kier molecular flexibility index (Phi) is 8.80. The molecule has 2 aromatic heterocycles. The number of aromatic nitrogens is 3. The van der Waals surface area contributed by atoms with Crippen LogP contribution < -0.4 is 10.6 Å². The SMILES string of the molecule is Cc1csc(CN(C)C(=O)c2cccc(C(=O)NCCCNCc3cnn(C(C)(C)C)c3C)c2)n1. The fourth-order valence-electron chi connectivity index (χ4n) is 3.80. The van der Waals surface area contributed by atoms with Gasteiger partial charge in [0.05, 0.1) is 18.3 Å². The third-order valence-corrected chi connectivity index (χ3v) is 6.59. The first kappa shape index (κ1) is 26.6. The molecule has 0 aliphatic heterocycles. The van der Waals surface area contributed by atoms with Gasteiger partial charge < -0.3 is 15.5 Å². The zero-order valence-corrected chi connectivity index (χ0v) is 22.3. The molecule has 0 unspecified atom stereocenters. The molecule has 0 saturated heterocycles. The minimum absolute atomic E-state index is 0.0373. The average molecular weight is 497 g/mol. The molecule has 2 heterocycles. The van der Waals surface area contributed by atoms with Crippen molar-refractivity contribution in [2.75, 3.05) is 20.1 Å². The summed E-state index contributed by atoms with van der Waals surface area (Å²) in [5.74, 6) is -0.318. The second kappa shape index (κ2) is 11.6. The molecule has 35 heavy (non-hydrogen) atoms. The maximum Gasteiger partial charge on any atom is 0.253 e. The van der Waals surface area contributed by atoms with Crippen LogP contribution in [-0.2, 0) is 18.6 Å². The minimum Gasteiger partial charge on any atom is -0.352 e. The summed E-state index contributed by atoms with van der Waals surface area (Å²) in [5.41, 5.74) is 4.23. The number of rotatable bonds is 10. The highest BCUT2D eigenvalue weighted by molar-refractivity contribution is 7.09. The van der Waals surface area contributed by atoms with Gasteiger partial charge in [0.25, 0.3) is 11.8 Å². The molecule has 0 fully saturated rings. The summed E-state index contributed by atoms with van der Waals surface area (Å²) < 4.78 is 2.04. The third-order valence-electron chi connectivity index (χ3n) is 5.64. The molecule has 1 aromatic carbocycles. The van der Waals surface area contributed by atoms with E-state index in [-0.39, 0.29) is 17.4 Å². The molecular formula is C26H36N6O2S. The van der Waals surface area contributed by atoms with Gasteiger partial charge in [0.15, 0.2) is 0 Å². The van der Waals surface area contributed by atoms with E-state index < -0.39 is 0 Å². The molecule has 0 atom stereocenters. The Hall–Kier alpha value is -3.04. The zero-order valence-electron chi connectivity index (χ0n) is 21.5. The number of benzene rings is 1. The lowest BCUT2D eigenvalue weighted by molar-refractivity contribution is 0.0785. The number of thiazole rings is 1. The van der Waals surface area contributed by atoms with Crippen LogP contribution in [0.4, 0.5) is 0 Å². The van der Waals surface area contributed by atoms with Crippen LogP contribution in [0, 0.1) is 13.8 Å². The second-order valence-electron chi connectivity index (χ2n) is 9.75. The Morgan fingerprint density at radius 2 is 1.89 bits per heavy atom. The molecule has 0 aliphatic rings. The highest BCUT2D eigenvalue weighted by Gasteiger charge is 2.18. The molecular weight excluding hydrogens is 460 g/mol. The fourth-order valence-corrected chi connectivity index (χ4v) is 4.62. The maximum atomic E-state index is 12.8. The van der Waals surface area contributed by atoms with Crippen molar-refractivity contribution in [1.29, 1.82) is 0 Å². The van der Waals surface area contributed by atoms with Crippen LogP contribution in [0.2, 0.25) is 0 Å². The number of hydrogen-bond acceptors (Lipinski definition) is 6. The predicted molar refractivity (Wildman–Crippen MR) is 140 cm³/mol. The third kappa shape index (κ3) is 7.22. The number of nitrogens with one attached hydrogen (secondary N) is 2. The monoisotopic (exact) mass is 496 g/mol. The summed E-state index contributed by atoms with van der Waals surface area (Å²) in [6, 6.07) is 6.85. The van der Waals surface area contributed by atoms with Gasteiger partial charge in [0, 0.05) is 53.6 Å². The Bertz CT molecular complexity index is 1160. The lowest BCUT2D eigenvalue weighted by Crippen LogP contribution is -2.29. The van der Waals surface area contributed by atoms with Gasteiger partial charge in [0.1, 0.15) is 5.01 Å². The van der Waals surface area contributed by atoms with Crippen LogP contribution in [0.15, 0.2) is 35.8 Å². The quantitative estimate of drug-likeness (QED) is 0.416. The van der Waals surface area contributed by atoms with Crippen molar-refractivity contribution < 1.29 is 9.59 Å². The summed E-state index contributed by atoms with van der Waals surface area (Å²) in [4.78, 5) is 31.4. The molecule has 2 N–H and O–H groups in total. The summed E-state index contributed by atoms with van der Waals surface area (Å²) in [7, 11) is 1.74. The molecule has 0 saturated carbocycles. The van der Waals surface area contributed by atoms with Gasteiger partial charge in [0.2, 0.25) is 0 Å². The predicted octanol–water partition coefficient (Wildman–Crippen LogP) is 3.89. The Morgan fingerprint density at radius 1 is 1.14 bits per heavy atom. The van der Waals surface area contributed by atoms with E-state index in [9.17, 15) is 9.59 Å². The number of carbonyl (C=O) groups is 2. The standard InChI is InChI=1S/C26H36N6O2S/c1-18-17-35-23(30-18)16-31(6)25(34)21-10-7-9-20(13-21)24(33)28-12-8-11-27-14-22-15-29-32(19(22)2)26(3,4)5/h7,9-10,13,15,17,27H,8,11-12,14,16H2,1-6H3,(H,28,33). The minimum atomic E-state index is -0.180. The van der Waals surface area contributed by atoms with Gasteiger partial charge >= 0.3 is 0 Å². The zero-order chi connectivity index (χ0) is 25.6. The smallest absolute Gasteiger partial charge is 0.253 e. The first-order valence-corrected chi connectivity index (χ1v) is 12.7. The Labute approximate surface area is 211 Å².